The maximum Gasteiger partial charge on any atom is 0.375 e. The third-order valence-corrected chi connectivity index (χ3v) is 1.50. The highest BCUT2D eigenvalue weighted by molar-refractivity contribution is 5.54. The first-order chi connectivity index (χ1) is 6.81. The number of nitro groups is 1. The number of H-pyrrole nitrogens is 1. The Morgan fingerprint density at radius 1 is 1.53 bits per heavy atom. The molecule has 2 N–H and O–H groups in total. The maximum absolute atomic E-state index is 11.2. The first-order valence-electron chi connectivity index (χ1n) is 4.31. The molecule has 0 aliphatic heterocycles. The Balaban J connectivity index is 3.24. The van der Waals surface area contributed by atoms with E-state index in [-0.39, 0.29) is 5.82 Å². The van der Waals surface area contributed by atoms with Crippen molar-refractivity contribution < 1.29 is 4.92 Å². The fourth-order valence-corrected chi connectivity index (χ4v) is 1.01. The molecule has 0 aliphatic rings. The molecule has 1 heterocycles. The largest absolute Gasteiger partial charge is 0.375 e. The fourth-order valence-electron chi connectivity index (χ4n) is 1.01. The minimum absolute atomic E-state index is 0.0174. The molecule has 82 valence electrons. The van der Waals surface area contributed by atoms with Crippen LogP contribution in [0.5, 0.6) is 0 Å². The van der Waals surface area contributed by atoms with Crippen molar-refractivity contribution in [2.24, 2.45) is 0 Å². The van der Waals surface area contributed by atoms with Crippen molar-refractivity contribution in [1.82, 2.24) is 9.97 Å². The molecule has 1 aromatic rings. The number of aromatic amines is 1. The van der Waals surface area contributed by atoms with Gasteiger partial charge in [0.05, 0.1) is 11.3 Å². The minimum atomic E-state index is -0.762. The topological polar surface area (TPSA) is 101 Å². The van der Waals surface area contributed by atoms with E-state index in [0.717, 1.165) is 6.33 Å². The summed E-state index contributed by atoms with van der Waals surface area (Å²) in [4.78, 5) is 27.0. The van der Waals surface area contributed by atoms with Crippen LogP contribution in [-0.4, -0.2) is 20.4 Å². The van der Waals surface area contributed by atoms with Crippen LogP contribution in [0.3, 0.4) is 0 Å². The average Bonchev–Trinajstić information content (AvgIpc) is 1.99. The Labute approximate surface area is 85.7 Å². The Hall–Kier alpha value is -1.92. The van der Waals surface area contributed by atoms with Crippen molar-refractivity contribution >= 4 is 11.5 Å². The van der Waals surface area contributed by atoms with Gasteiger partial charge >= 0.3 is 11.2 Å². The van der Waals surface area contributed by atoms with Gasteiger partial charge < -0.3 is 10.3 Å². The van der Waals surface area contributed by atoms with Gasteiger partial charge in [-0.25, -0.2) is 4.98 Å². The lowest BCUT2D eigenvalue weighted by molar-refractivity contribution is -0.385. The van der Waals surface area contributed by atoms with Gasteiger partial charge in [-0.1, -0.05) is 0 Å². The molecule has 1 aromatic heterocycles. The lowest BCUT2D eigenvalue weighted by atomic mass is 10.1. The molecule has 0 bridgehead atoms. The van der Waals surface area contributed by atoms with Gasteiger partial charge in [-0.05, 0) is 20.8 Å². The Kier molecular flexibility index (Phi) is 2.74. The SMILES string of the molecule is CC(C)(C)Nc1nc[nH]c(=O)c1[N+](=O)[O-]. The highest BCUT2D eigenvalue weighted by atomic mass is 16.6. The summed E-state index contributed by atoms with van der Waals surface area (Å²) in [7, 11) is 0. The van der Waals surface area contributed by atoms with Gasteiger partial charge in [-0.3, -0.25) is 14.9 Å². The molecule has 7 heteroatoms. The van der Waals surface area contributed by atoms with E-state index in [9.17, 15) is 14.9 Å². The van der Waals surface area contributed by atoms with E-state index in [1.54, 1.807) is 0 Å². The zero-order valence-corrected chi connectivity index (χ0v) is 8.70. The number of aromatic nitrogens is 2. The molecule has 0 saturated carbocycles. The van der Waals surface area contributed by atoms with Gasteiger partial charge in [0.1, 0.15) is 0 Å². The van der Waals surface area contributed by atoms with E-state index in [1.165, 1.54) is 0 Å². The van der Waals surface area contributed by atoms with E-state index in [1.807, 2.05) is 20.8 Å². The summed E-state index contributed by atoms with van der Waals surface area (Å²) in [6.07, 6.45) is 1.13. The summed E-state index contributed by atoms with van der Waals surface area (Å²) in [5.41, 5.74) is -1.72. The molecule has 7 nitrogen and oxygen atoms in total. The summed E-state index contributed by atoms with van der Waals surface area (Å²) in [5.74, 6) is -0.0174. The Bertz CT molecular complexity index is 432. The minimum Gasteiger partial charge on any atom is -0.360 e. The van der Waals surface area contributed by atoms with Gasteiger partial charge in [0.25, 0.3) is 0 Å². The van der Waals surface area contributed by atoms with Gasteiger partial charge in [0.2, 0.25) is 5.82 Å². The highest BCUT2D eigenvalue weighted by Crippen LogP contribution is 2.19. The smallest absolute Gasteiger partial charge is 0.360 e. The predicted molar refractivity (Wildman–Crippen MR) is 54.9 cm³/mol. The molecule has 0 spiro atoms. The van der Waals surface area contributed by atoms with E-state index in [0.29, 0.717) is 0 Å². The number of nitrogens with one attached hydrogen (secondary N) is 2. The molecular weight excluding hydrogens is 200 g/mol. The molecule has 0 fully saturated rings. The summed E-state index contributed by atoms with van der Waals surface area (Å²) in [6, 6.07) is 0. The molecule has 0 saturated heterocycles. The number of nitrogens with zero attached hydrogens (tertiary/aromatic N) is 2. The number of hydrogen-bond acceptors (Lipinski definition) is 5. The lowest BCUT2D eigenvalue weighted by Crippen LogP contribution is -2.29. The van der Waals surface area contributed by atoms with Crippen LogP contribution in [-0.2, 0) is 0 Å². The molecule has 1 rings (SSSR count). The van der Waals surface area contributed by atoms with Crippen LogP contribution in [0.1, 0.15) is 20.8 Å². The second-order valence-electron chi connectivity index (χ2n) is 4.06. The number of hydrogen-bond donors (Lipinski definition) is 2. The second-order valence-corrected chi connectivity index (χ2v) is 4.06. The molecule has 0 unspecified atom stereocenters. The molecule has 0 atom stereocenters. The zero-order chi connectivity index (χ0) is 11.6. The maximum atomic E-state index is 11.2. The van der Waals surface area contributed by atoms with Gasteiger partial charge in [0.15, 0.2) is 0 Å². The van der Waals surface area contributed by atoms with Crippen LogP contribution in [0.25, 0.3) is 0 Å². The number of rotatable bonds is 2. The van der Waals surface area contributed by atoms with Gasteiger partial charge in [-0.15, -0.1) is 0 Å². The lowest BCUT2D eigenvalue weighted by Gasteiger charge is -2.20. The van der Waals surface area contributed by atoms with E-state index in [2.05, 4.69) is 15.3 Å². The van der Waals surface area contributed by atoms with Crippen molar-refractivity contribution in [3.63, 3.8) is 0 Å². The van der Waals surface area contributed by atoms with Crippen LogP contribution in [0.2, 0.25) is 0 Å². The molecule has 0 amide bonds. The van der Waals surface area contributed by atoms with Crippen LogP contribution >= 0.6 is 0 Å². The molecular formula is C8H12N4O3. The third kappa shape index (κ3) is 2.76. The van der Waals surface area contributed by atoms with Crippen LogP contribution < -0.4 is 10.9 Å². The molecule has 0 radical (unpaired) electrons. The first kappa shape index (κ1) is 11.2. The van der Waals surface area contributed by atoms with E-state index in [4.69, 9.17) is 0 Å². The summed E-state index contributed by atoms with van der Waals surface area (Å²) >= 11 is 0. The second kappa shape index (κ2) is 3.68. The van der Waals surface area contributed by atoms with E-state index < -0.39 is 21.7 Å². The monoisotopic (exact) mass is 212 g/mol. The number of anilines is 1. The average molecular weight is 212 g/mol. The Morgan fingerprint density at radius 3 is 2.60 bits per heavy atom. The highest BCUT2D eigenvalue weighted by Gasteiger charge is 2.23. The standard InChI is InChI=1S/C8H12N4O3/c1-8(2,3)11-6-5(12(14)15)7(13)10-4-9-6/h4H,1-3H3,(H2,9,10,11,13). The fraction of sp³-hybridized carbons (Fsp3) is 0.500. The van der Waals surface area contributed by atoms with Crippen LogP contribution in [0.4, 0.5) is 11.5 Å². The summed E-state index contributed by atoms with van der Waals surface area (Å²) < 4.78 is 0. The van der Waals surface area contributed by atoms with Crippen molar-refractivity contribution in [2.75, 3.05) is 5.32 Å². The molecule has 0 aromatic carbocycles. The zero-order valence-electron chi connectivity index (χ0n) is 8.70. The van der Waals surface area contributed by atoms with Gasteiger partial charge in [0, 0.05) is 5.54 Å². The summed E-state index contributed by atoms with van der Waals surface area (Å²) in [5, 5.41) is 13.4. The van der Waals surface area contributed by atoms with Crippen LogP contribution in [0.15, 0.2) is 11.1 Å². The summed E-state index contributed by atoms with van der Waals surface area (Å²) in [6.45, 7) is 5.46. The van der Waals surface area contributed by atoms with Crippen molar-refractivity contribution in [3.05, 3.63) is 26.8 Å². The third-order valence-electron chi connectivity index (χ3n) is 1.50. The molecule has 0 aliphatic carbocycles. The van der Waals surface area contributed by atoms with Crippen molar-refractivity contribution in [2.45, 2.75) is 26.3 Å². The first-order valence-corrected chi connectivity index (χ1v) is 4.31. The predicted octanol–water partition coefficient (Wildman–Crippen LogP) is 0.888. The Morgan fingerprint density at radius 2 is 2.13 bits per heavy atom. The van der Waals surface area contributed by atoms with E-state index >= 15 is 0 Å². The molecule has 15 heavy (non-hydrogen) atoms. The quantitative estimate of drug-likeness (QED) is 0.560. The van der Waals surface area contributed by atoms with Crippen LogP contribution in [0, 0.1) is 10.1 Å². The van der Waals surface area contributed by atoms with Crippen molar-refractivity contribution in [1.29, 1.82) is 0 Å². The van der Waals surface area contributed by atoms with Gasteiger partial charge in [-0.2, -0.15) is 0 Å². The normalized spacial score (nSPS) is 11.1. The van der Waals surface area contributed by atoms with Crippen molar-refractivity contribution in [3.8, 4) is 0 Å².